The van der Waals surface area contributed by atoms with Gasteiger partial charge in [-0.25, -0.2) is 9.67 Å². The lowest BCUT2D eigenvalue weighted by Crippen LogP contribution is -2.30. The van der Waals surface area contributed by atoms with Crippen LogP contribution < -0.4 is 10.1 Å². The number of hydrogen-bond donors (Lipinski definition) is 3. The molecule has 2 heterocycles. The lowest BCUT2D eigenvalue weighted by molar-refractivity contribution is -0.143. The summed E-state index contributed by atoms with van der Waals surface area (Å²) in [4.78, 5) is 22.2. The van der Waals surface area contributed by atoms with Gasteiger partial charge in [0.05, 0.1) is 18.2 Å². The number of carbonyl (C=O) groups is 1. The average Bonchev–Trinajstić information content (AvgIpc) is 3.21. The molecule has 1 aromatic carbocycles. The van der Waals surface area contributed by atoms with Crippen molar-refractivity contribution in [3.8, 4) is 5.75 Å². The molecule has 0 radical (unpaired) electrons. The smallest absolute Gasteiger partial charge is 0.306 e. The van der Waals surface area contributed by atoms with Gasteiger partial charge < -0.3 is 25.2 Å². The van der Waals surface area contributed by atoms with Crippen molar-refractivity contribution in [2.24, 2.45) is 5.92 Å². The van der Waals surface area contributed by atoms with E-state index in [0.29, 0.717) is 42.2 Å². The molecule has 2 aromatic heterocycles. The summed E-state index contributed by atoms with van der Waals surface area (Å²) in [6.07, 6.45) is 3.93. The number of aromatic nitrogens is 5. The quantitative estimate of drug-likeness (QED) is 0.439. The highest BCUT2D eigenvalue weighted by molar-refractivity contribution is 5.72. The van der Waals surface area contributed by atoms with Gasteiger partial charge in [-0.3, -0.25) is 4.79 Å². The van der Waals surface area contributed by atoms with E-state index in [-0.39, 0.29) is 18.6 Å². The van der Waals surface area contributed by atoms with E-state index < -0.39 is 12.1 Å². The predicted molar refractivity (Wildman–Crippen MR) is 122 cm³/mol. The van der Waals surface area contributed by atoms with Crippen LogP contribution in [0.4, 0.5) is 11.6 Å². The Hall–Kier alpha value is -3.31. The molecule has 3 aromatic rings. The van der Waals surface area contributed by atoms with Crippen LogP contribution in [0.15, 0.2) is 30.5 Å². The highest BCUT2D eigenvalue weighted by Crippen LogP contribution is 2.33. The molecule has 0 amide bonds. The van der Waals surface area contributed by atoms with Crippen molar-refractivity contribution < 1.29 is 19.7 Å². The van der Waals surface area contributed by atoms with Gasteiger partial charge in [-0.2, -0.15) is 4.98 Å². The van der Waals surface area contributed by atoms with Crippen molar-refractivity contribution in [2.45, 2.75) is 37.8 Å². The Morgan fingerprint density at radius 2 is 2.09 bits per heavy atom. The van der Waals surface area contributed by atoms with Gasteiger partial charge >= 0.3 is 5.97 Å². The number of carboxylic acids is 1. The fourth-order valence-electron chi connectivity index (χ4n) is 4.09. The van der Waals surface area contributed by atoms with E-state index in [9.17, 15) is 15.0 Å². The van der Waals surface area contributed by atoms with Crippen molar-refractivity contribution in [1.29, 1.82) is 0 Å². The summed E-state index contributed by atoms with van der Waals surface area (Å²) in [5.74, 6) is -0.0816. The average molecular weight is 456 g/mol. The van der Waals surface area contributed by atoms with Crippen molar-refractivity contribution in [3.63, 3.8) is 0 Å². The molecule has 11 heteroatoms. The molecule has 3 unspecified atom stereocenters. The zero-order chi connectivity index (χ0) is 23.4. The number of benzene rings is 1. The molecular weight excluding hydrogens is 426 g/mol. The highest BCUT2D eigenvalue weighted by Gasteiger charge is 2.29. The van der Waals surface area contributed by atoms with Gasteiger partial charge in [0, 0.05) is 12.2 Å². The number of aliphatic hydroxyl groups excluding tert-OH is 1. The summed E-state index contributed by atoms with van der Waals surface area (Å²) < 4.78 is 7.36. The van der Waals surface area contributed by atoms with Crippen LogP contribution in [-0.2, 0) is 4.79 Å². The van der Waals surface area contributed by atoms with Crippen LogP contribution in [0.3, 0.4) is 0 Å². The topological polar surface area (TPSA) is 139 Å². The largest absolute Gasteiger partial charge is 0.491 e. The van der Waals surface area contributed by atoms with E-state index in [1.54, 1.807) is 10.9 Å². The number of ether oxygens (including phenoxy) is 1. The van der Waals surface area contributed by atoms with E-state index in [2.05, 4.69) is 25.6 Å². The Balaban J connectivity index is 1.43. The molecular formula is C22H29N7O4. The van der Waals surface area contributed by atoms with E-state index in [4.69, 9.17) is 4.74 Å². The monoisotopic (exact) mass is 455 g/mol. The third kappa shape index (κ3) is 5.74. The Morgan fingerprint density at radius 1 is 1.30 bits per heavy atom. The first kappa shape index (κ1) is 22.9. The fourth-order valence-corrected chi connectivity index (χ4v) is 4.09. The number of likely N-dealkylation sites (N-methyl/N-ethyl adjacent to an activating group) is 1. The minimum absolute atomic E-state index is 0.0492. The number of hydrogen-bond acceptors (Lipinski definition) is 9. The number of nitrogens with one attached hydrogen (secondary N) is 1. The molecule has 1 fully saturated rings. The molecule has 33 heavy (non-hydrogen) atoms. The number of aliphatic carboxylic acids is 1. The third-order valence-electron chi connectivity index (χ3n) is 5.69. The normalized spacial score (nSPS) is 19.5. The van der Waals surface area contributed by atoms with Crippen LogP contribution in [0.25, 0.3) is 11.2 Å². The molecule has 1 aliphatic carbocycles. The van der Waals surface area contributed by atoms with Gasteiger partial charge in [-0.1, -0.05) is 11.6 Å². The number of anilines is 2. The predicted octanol–water partition coefficient (Wildman–Crippen LogP) is 2.08. The van der Waals surface area contributed by atoms with E-state index >= 15 is 0 Å². The first-order valence-corrected chi connectivity index (χ1v) is 11.0. The highest BCUT2D eigenvalue weighted by atomic mass is 16.5. The molecule has 0 saturated heterocycles. The lowest BCUT2D eigenvalue weighted by Gasteiger charge is -2.26. The zero-order valence-corrected chi connectivity index (χ0v) is 18.8. The second-order valence-corrected chi connectivity index (χ2v) is 8.67. The molecule has 1 aliphatic rings. The summed E-state index contributed by atoms with van der Waals surface area (Å²) in [6.45, 7) is 0.744. The van der Waals surface area contributed by atoms with Crippen LogP contribution in [-0.4, -0.2) is 79.4 Å². The minimum atomic E-state index is -0.763. The van der Waals surface area contributed by atoms with Gasteiger partial charge in [-0.05, 0) is 57.6 Å². The number of aliphatic hydroxyl groups is 1. The van der Waals surface area contributed by atoms with Crippen LogP contribution in [0.1, 0.15) is 31.7 Å². The van der Waals surface area contributed by atoms with Gasteiger partial charge in [0.2, 0.25) is 5.95 Å². The van der Waals surface area contributed by atoms with Crippen LogP contribution in [0, 0.1) is 5.92 Å². The summed E-state index contributed by atoms with van der Waals surface area (Å²) >= 11 is 0. The molecule has 1 saturated carbocycles. The van der Waals surface area contributed by atoms with Gasteiger partial charge in [0.1, 0.15) is 18.5 Å². The summed E-state index contributed by atoms with van der Waals surface area (Å²) in [5.41, 5.74) is 1.93. The van der Waals surface area contributed by atoms with Gasteiger partial charge in [0.25, 0.3) is 0 Å². The number of carboxylic acid groups (broad SMARTS) is 1. The third-order valence-corrected chi connectivity index (χ3v) is 5.69. The fraction of sp³-hybridized carbons (Fsp3) is 0.500. The van der Waals surface area contributed by atoms with Gasteiger partial charge in [-0.15, -0.1) is 5.10 Å². The van der Waals surface area contributed by atoms with E-state index in [0.717, 1.165) is 18.5 Å². The van der Waals surface area contributed by atoms with Crippen LogP contribution in [0.2, 0.25) is 0 Å². The maximum Gasteiger partial charge on any atom is 0.306 e. The molecule has 4 rings (SSSR count). The van der Waals surface area contributed by atoms with E-state index in [1.165, 1.54) is 0 Å². The molecule has 11 nitrogen and oxygen atoms in total. The summed E-state index contributed by atoms with van der Waals surface area (Å²) in [6, 6.07) is 7.25. The maximum absolute atomic E-state index is 11.4. The standard InChI is InChI=1S/C22H29N7O4/c1-28(2)12-17(30)13-33-18-8-6-15(7-9-18)24-22-23-11-19-20(25-22)29(27-26-19)16-5-3-4-14(10-16)21(31)32/h6-9,11,14,16-17,30H,3-5,10,12-13H2,1-2H3,(H,31,32)(H,23,24,25). The maximum atomic E-state index is 11.4. The number of fused-ring (bicyclic) bond motifs is 1. The van der Waals surface area contributed by atoms with E-state index in [1.807, 2.05) is 43.3 Å². The molecule has 0 aliphatic heterocycles. The van der Waals surface area contributed by atoms with Crippen molar-refractivity contribution in [3.05, 3.63) is 30.5 Å². The SMILES string of the molecule is CN(C)CC(O)COc1ccc(Nc2ncc3nnn(C4CCCC(C(=O)O)C4)c3n2)cc1. The Labute approximate surface area is 191 Å². The number of nitrogens with zero attached hydrogens (tertiary/aromatic N) is 6. The Bertz CT molecular complexity index is 1090. The van der Waals surface area contributed by atoms with Crippen LogP contribution in [0.5, 0.6) is 5.75 Å². The molecule has 0 bridgehead atoms. The zero-order valence-electron chi connectivity index (χ0n) is 18.8. The lowest BCUT2D eigenvalue weighted by atomic mass is 9.86. The molecule has 0 spiro atoms. The molecule has 3 atom stereocenters. The summed E-state index contributed by atoms with van der Waals surface area (Å²) in [7, 11) is 3.79. The Morgan fingerprint density at radius 3 is 2.82 bits per heavy atom. The van der Waals surface area contributed by atoms with Crippen molar-refractivity contribution in [1.82, 2.24) is 29.9 Å². The summed E-state index contributed by atoms with van der Waals surface area (Å²) in [5, 5.41) is 30.8. The van der Waals surface area contributed by atoms with Crippen molar-refractivity contribution in [2.75, 3.05) is 32.6 Å². The number of rotatable bonds is 9. The molecule has 176 valence electrons. The van der Waals surface area contributed by atoms with Gasteiger partial charge in [0.15, 0.2) is 11.2 Å². The van der Waals surface area contributed by atoms with Crippen molar-refractivity contribution >= 4 is 28.8 Å². The first-order chi connectivity index (χ1) is 15.9. The minimum Gasteiger partial charge on any atom is -0.491 e. The van der Waals surface area contributed by atoms with Crippen LogP contribution >= 0.6 is 0 Å². The second kappa shape index (κ2) is 10.1. The molecule has 3 N–H and O–H groups in total. The second-order valence-electron chi connectivity index (χ2n) is 8.67. The first-order valence-electron chi connectivity index (χ1n) is 11.0. The Kier molecular flexibility index (Phi) is 6.99.